The second-order valence-electron chi connectivity index (χ2n) is 3.70. The summed E-state index contributed by atoms with van der Waals surface area (Å²) in [6, 6.07) is 0. The summed E-state index contributed by atoms with van der Waals surface area (Å²) < 4.78 is 5.20. The average Bonchev–Trinajstić information content (AvgIpc) is 2.07. The van der Waals surface area contributed by atoms with Crippen LogP contribution in [0.2, 0.25) is 0 Å². The van der Waals surface area contributed by atoms with Crippen LogP contribution in [0.3, 0.4) is 0 Å². The van der Waals surface area contributed by atoms with Gasteiger partial charge in [-0.1, -0.05) is 19.3 Å². The molecule has 1 fully saturated rings. The van der Waals surface area contributed by atoms with Crippen molar-refractivity contribution in [3.8, 4) is 0 Å². The molecule has 0 heterocycles. The second-order valence-corrected chi connectivity index (χ2v) is 3.70. The van der Waals surface area contributed by atoms with Gasteiger partial charge in [0.1, 0.15) is 0 Å². The second kappa shape index (κ2) is 4.07. The van der Waals surface area contributed by atoms with Gasteiger partial charge in [-0.05, 0) is 12.8 Å². The predicted molar refractivity (Wildman–Crippen MR) is 46.4 cm³/mol. The van der Waals surface area contributed by atoms with Crippen molar-refractivity contribution in [2.24, 2.45) is 11.1 Å². The summed E-state index contributed by atoms with van der Waals surface area (Å²) in [6.45, 7) is 1.64. The summed E-state index contributed by atoms with van der Waals surface area (Å²) in [5, 5.41) is 0. The maximum absolute atomic E-state index is 5.74. The van der Waals surface area contributed by atoms with Crippen LogP contribution in [0.1, 0.15) is 32.1 Å². The molecule has 0 aromatic heterocycles. The minimum absolute atomic E-state index is 0.326. The van der Waals surface area contributed by atoms with Crippen molar-refractivity contribution in [3.63, 3.8) is 0 Å². The summed E-state index contributed by atoms with van der Waals surface area (Å²) in [7, 11) is 1.77. The van der Waals surface area contributed by atoms with E-state index in [-0.39, 0.29) is 0 Å². The van der Waals surface area contributed by atoms with Crippen molar-refractivity contribution < 1.29 is 4.74 Å². The zero-order valence-electron chi connectivity index (χ0n) is 7.44. The van der Waals surface area contributed by atoms with Gasteiger partial charge in [0.2, 0.25) is 0 Å². The first-order chi connectivity index (χ1) is 5.33. The largest absolute Gasteiger partial charge is 0.384 e. The Morgan fingerprint density at radius 2 is 1.91 bits per heavy atom. The molecule has 1 rings (SSSR count). The zero-order chi connectivity index (χ0) is 8.16. The van der Waals surface area contributed by atoms with Crippen molar-refractivity contribution in [1.29, 1.82) is 0 Å². The molecular weight excluding hydrogens is 138 g/mol. The molecule has 0 bridgehead atoms. The highest BCUT2D eigenvalue weighted by Crippen LogP contribution is 2.35. The van der Waals surface area contributed by atoms with Gasteiger partial charge in [0, 0.05) is 19.1 Å². The van der Waals surface area contributed by atoms with E-state index in [0.717, 1.165) is 13.2 Å². The van der Waals surface area contributed by atoms with Crippen LogP contribution in [-0.4, -0.2) is 20.3 Å². The van der Waals surface area contributed by atoms with Crippen molar-refractivity contribution in [1.82, 2.24) is 0 Å². The van der Waals surface area contributed by atoms with E-state index in [2.05, 4.69) is 0 Å². The van der Waals surface area contributed by atoms with E-state index >= 15 is 0 Å². The molecule has 0 radical (unpaired) electrons. The van der Waals surface area contributed by atoms with E-state index in [9.17, 15) is 0 Å². The van der Waals surface area contributed by atoms with E-state index in [1.165, 1.54) is 32.1 Å². The van der Waals surface area contributed by atoms with Crippen LogP contribution in [-0.2, 0) is 4.74 Å². The molecule has 1 aliphatic rings. The van der Waals surface area contributed by atoms with E-state index < -0.39 is 0 Å². The maximum atomic E-state index is 5.74. The van der Waals surface area contributed by atoms with Crippen LogP contribution in [0.25, 0.3) is 0 Å². The van der Waals surface area contributed by atoms with Crippen molar-refractivity contribution in [3.05, 3.63) is 0 Å². The lowest BCUT2D eigenvalue weighted by molar-refractivity contribution is 0.0552. The molecule has 0 aromatic carbocycles. The predicted octanol–water partition coefficient (Wildman–Crippen LogP) is 1.54. The van der Waals surface area contributed by atoms with Crippen molar-refractivity contribution in [2.75, 3.05) is 20.3 Å². The fraction of sp³-hybridized carbons (Fsp3) is 1.00. The minimum atomic E-state index is 0.326. The number of hydrogen-bond donors (Lipinski definition) is 1. The Balaban J connectivity index is 2.42. The first-order valence-electron chi connectivity index (χ1n) is 4.52. The SMILES string of the molecule is COCC1(CN)CCCCC1. The topological polar surface area (TPSA) is 35.2 Å². The standard InChI is InChI=1S/C9H19NO/c1-11-8-9(7-10)5-3-2-4-6-9/h2-8,10H2,1H3. The fourth-order valence-electron chi connectivity index (χ4n) is 2.02. The number of hydrogen-bond acceptors (Lipinski definition) is 2. The summed E-state index contributed by atoms with van der Waals surface area (Å²) >= 11 is 0. The average molecular weight is 157 g/mol. The molecule has 11 heavy (non-hydrogen) atoms. The zero-order valence-corrected chi connectivity index (χ0v) is 7.44. The monoisotopic (exact) mass is 157 g/mol. The Labute approximate surface area is 69.1 Å². The maximum Gasteiger partial charge on any atom is 0.0530 e. The summed E-state index contributed by atoms with van der Waals surface area (Å²) in [4.78, 5) is 0. The lowest BCUT2D eigenvalue weighted by Gasteiger charge is -2.35. The Kier molecular flexibility index (Phi) is 3.34. The summed E-state index contributed by atoms with van der Waals surface area (Å²) in [5.41, 5.74) is 6.07. The van der Waals surface area contributed by atoms with E-state index in [1.807, 2.05) is 0 Å². The highest BCUT2D eigenvalue weighted by atomic mass is 16.5. The molecule has 0 atom stereocenters. The Morgan fingerprint density at radius 3 is 2.36 bits per heavy atom. The Hall–Kier alpha value is -0.0800. The van der Waals surface area contributed by atoms with Gasteiger partial charge >= 0.3 is 0 Å². The third-order valence-electron chi connectivity index (χ3n) is 2.80. The van der Waals surface area contributed by atoms with Gasteiger partial charge in [-0.3, -0.25) is 0 Å². The lowest BCUT2D eigenvalue weighted by atomic mass is 9.75. The highest BCUT2D eigenvalue weighted by Gasteiger charge is 2.30. The molecule has 0 spiro atoms. The molecule has 0 saturated heterocycles. The summed E-state index contributed by atoms with van der Waals surface area (Å²) in [6.07, 6.45) is 6.57. The van der Waals surface area contributed by atoms with Crippen LogP contribution in [0.15, 0.2) is 0 Å². The van der Waals surface area contributed by atoms with E-state index in [1.54, 1.807) is 7.11 Å². The number of methoxy groups -OCH3 is 1. The third-order valence-corrected chi connectivity index (χ3v) is 2.80. The number of nitrogens with two attached hydrogens (primary N) is 1. The molecule has 66 valence electrons. The quantitative estimate of drug-likeness (QED) is 0.674. The van der Waals surface area contributed by atoms with Gasteiger partial charge in [-0.15, -0.1) is 0 Å². The third kappa shape index (κ3) is 2.17. The van der Waals surface area contributed by atoms with Crippen LogP contribution >= 0.6 is 0 Å². The van der Waals surface area contributed by atoms with E-state index in [0.29, 0.717) is 5.41 Å². The van der Waals surface area contributed by atoms with Gasteiger partial charge in [0.15, 0.2) is 0 Å². The van der Waals surface area contributed by atoms with Crippen molar-refractivity contribution in [2.45, 2.75) is 32.1 Å². The normalized spacial score (nSPS) is 23.5. The lowest BCUT2D eigenvalue weighted by Crippen LogP contribution is -2.36. The van der Waals surface area contributed by atoms with Crippen molar-refractivity contribution >= 4 is 0 Å². The molecule has 0 aromatic rings. The molecule has 0 aliphatic heterocycles. The fourth-order valence-corrected chi connectivity index (χ4v) is 2.02. The Bertz CT molecular complexity index is 103. The smallest absolute Gasteiger partial charge is 0.0530 e. The molecule has 0 amide bonds. The first kappa shape index (κ1) is 9.01. The first-order valence-corrected chi connectivity index (χ1v) is 4.52. The van der Waals surface area contributed by atoms with Gasteiger partial charge in [-0.2, -0.15) is 0 Å². The van der Waals surface area contributed by atoms with Gasteiger partial charge in [0.25, 0.3) is 0 Å². The van der Waals surface area contributed by atoms with Crippen LogP contribution in [0.4, 0.5) is 0 Å². The Morgan fingerprint density at radius 1 is 1.27 bits per heavy atom. The van der Waals surface area contributed by atoms with Gasteiger partial charge in [-0.25, -0.2) is 0 Å². The van der Waals surface area contributed by atoms with E-state index in [4.69, 9.17) is 10.5 Å². The molecule has 2 heteroatoms. The van der Waals surface area contributed by atoms with Crippen LogP contribution in [0.5, 0.6) is 0 Å². The molecular formula is C9H19NO. The molecule has 1 aliphatic carbocycles. The molecule has 1 saturated carbocycles. The van der Waals surface area contributed by atoms with Crippen LogP contribution in [0, 0.1) is 5.41 Å². The molecule has 0 unspecified atom stereocenters. The number of ether oxygens (including phenoxy) is 1. The van der Waals surface area contributed by atoms with Crippen LogP contribution < -0.4 is 5.73 Å². The van der Waals surface area contributed by atoms with Gasteiger partial charge < -0.3 is 10.5 Å². The minimum Gasteiger partial charge on any atom is -0.384 e. The summed E-state index contributed by atoms with van der Waals surface area (Å²) in [5.74, 6) is 0. The highest BCUT2D eigenvalue weighted by molar-refractivity contribution is 4.83. The van der Waals surface area contributed by atoms with Gasteiger partial charge in [0.05, 0.1) is 6.61 Å². The molecule has 2 N–H and O–H groups in total. The molecule has 2 nitrogen and oxygen atoms in total. The number of rotatable bonds is 3.